The van der Waals surface area contributed by atoms with E-state index in [2.05, 4.69) is 5.32 Å². The van der Waals surface area contributed by atoms with Crippen LogP contribution >= 0.6 is 0 Å². The maximum absolute atomic E-state index is 14.0. The summed E-state index contributed by atoms with van der Waals surface area (Å²) < 4.78 is 34.3. The molecule has 1 N–H and O–H groups in total. The zero-order valence-electron chi connectivity index (χ0n) is 23.0. The number of para-hydroxylation sites is 1. The predicted molar refractivity (Wildman–Crippen MR) is 153 cm³/mol. The van der Waals surface area contributed by atoms with Gasteiger partial charge in [0.1, 0.15) is 18.3 Å². The van der Waals surface area contributed by atoms with Gasteiger partial charge >= 0.3 is 0 Å². The van der Waals surface area contributed by atoms with Gasteiger partial charge in [-0.2, -0.15) is 0 Å². The molecule has 0 aliphatic carbocycles. The number of carbonyl (C=O) groups is 2. The topological polar surface area (TPSA) is 96.0 Å². The quantitative estimate of drug-likeness (QED) is 0.337. The highest BCUT2D eigenvalue weighted by Gasteiger charge is 2.33. The summed E-state index contributed by atoms with van der Waals surface area (Å²) in [5.41, 5.74) is 2.21. The zero-order valence-corrected chi connectivity index (χ0v) is 23.8. The highest BCUT2D eigenvalue weighted by molar-refractivity contribution is 7.92. The van der Waals surface area contributed by atoms with Crippen LogP contribution in [0.1, 0.15) is 38.3 Å². The average molecular weight is 552 g/mol. The van der Waals surface area contributed by atoms with Gasteiger partial charge in [0.2, 0.25) is 11.8 Å². The molecule has 0 aliphatic rings. The van der Waals surface area contributed by atoms with E-state index in [0.717, 1.165) is 15.4 Å². The Morgan fingerprint density at radius 2 is 1.54 bits per heavy atom. The molecule has 0 saturated carbocycles. The van der Waals surface area contributed by atoms with Crippen molar-refractivity contribution in [1.29, 1.82) is 0 Å². The summed E-state index contributed by atoms with van der Waals surface area (Å²) in [6, 6.07) is 21.5. The molecule has 0 heterocycles. The Balaban J connectivity index is 2.03. The van der Waals surface area contributed by atoms with E-state index in [1.807, 2.05) is 52.0 Å². The number of nitrogens with one attached hydrogen (secondary N) is 1. The number of benzene rings is 3. The van der Waals surface area contributed by atoms with Crippen LogP contribution in [0.2, 0.25) is 0 Å². The van der Waals surface area contributed by atoms with Crippen LogP contribution in [0.5, 0.6) is 5.75 Å². The standard InChI is InChI=1S/C30H37N3O5S/c1-5-28(30(35)31-6-2)32(21-24-14-12-11-13-23(24)4)29(34)22-33(25-15-9-8-10-16-25)39(36,37)27-19-17-26(18-20-27)38-7-3/h8-20,28H,5-7,21-22H2,1-4H3,(H,31,35)/t28-/m0/s1. The van der Waals surface area contributed by atoms with Crippen LogP contribution in [0, 0.1) is 6.92 Å². The van der Waals surface area contributed by atoms with Crippen LogP contribution in [0.15, 0.2) is 83.8 Å². The van der Waals surface area contributed by atoms with Gasteiger partial charge in [-0.25, -0.2) is 8.42 Å². The van der Waals surface area contributed by atoms with Gasteiger partial charge in [-0.15, -0.1) is 0 Å². The maximum atomic E-state index is 14.0. The Labute approximate surface area is 231 Å². The Bertz CT molecular complexity index is 1340. The van der Waals surface area contributed by atoms with Crippen molar-refractivity contribution in [2.24, 2.45) is 0 Å². The first-order chi connectivity index (χ1) is 18.7. The molecule has 0 unspecified atom stereocenters. The van der Waals surface area contributed by atoms with Gasteiger partial charge in [0.25, 0.3) is 10.0 Å². The number of aryl methyl sites for hydroxylation is 1. The number of nitrogens with zero attached hydrogens (tertiary/aromatic N) is 2. The molecule has 0 aromatic heterocycles. The summed E-state index contributed by atoms with van der Waals surface area (Å²) in [5, 5.41) is 2.81. The van der Waals surface area contributed by atoms with E-state index in [-0.39, 0.29) is 17.3 Å². The third kappa shape index (κ3) is 7.38. The Morgan fingerprint density at radius 1 is 0.897 bits per heavy atom. The van der Waals surface area contributed by atoms with Crippen molar-refractivity contribution in [3.05, 3.63) is 90.0 Å². The van der Waals surface area contributed by atoms with E-state index >= 15 is 0 Å². The number of hydrogen-bond donors (Lipinski definition) is 1. The third-order valence-corrected chi connectivity index (χ3v) is 8.17. The molecule has 9 heteroatoms. The van der Waals surface area contributed by atoms with Gasteiger partial charge in [-0.3, -0.25) is 13.9 Å². The van der Waals surface area contributed by atoms with Crippen molar-refractivity contribution in [2.45, 2.75) is 51.6 Å². The Kier molecular flexibility index (Phi) is 10.5. The third-order valence-electron chi connectivity index (χ3n) is 6.38. The maximum Gasteiger partial charge on any atom is 0.264 e. The summed E-state index contributed by atoms with van der Waals surface area (Å²) in [4.78, 5) is 28.5. The highest BCUT2D eigenvalue weighted by Crippen LogP contribution is 2.26. The molecule has 3 aromatic carbocycles. The minimum absolute atomic E-state index is 0.0313. The van der Waals surface area contributed by atoms with Crippen molar-refractivity contribution in [3.63, 3.8) is 0 Å². The second kappa shape index (κ2) is 13.8. The minimum Gasteiger partial charge on any atom is -0.494 e. The van der Waals surface area contributed by atoms with Crippen LogP contribution < -0.4 is 14.4 Å². The van der Waals surface area contributed by atoms with Crippen molar-refractivity contribution < 1.29 is 22.7 Å². The molecule has 1 atom stereocenters. The van der Waals surface area contributed by atoms with Gasteiger partial charge in [-0.1, -0.05) is 49.4 Å². The number of amides is 2. The number of carbonyl (C=O) groups excluding carboxylic acids is 2. The van der Waals surface area contributed by atoms with E-state index in [4.69, 9.17) is 4.74 Å². The lowest BCUT2D eigenvalue weighted by atomic mass is 10.1. The van der Waals surface area contributed by atoms with Crippen LogP contribution in [0.3, 0.4) is 0 Å². The van der Waals surface area contributed by atoms with E-state index in [9.17, 15) is 18.0 Å². The normalized spacial score (nSPS) is 11.9. The van der Waals surface area contributed by atoms with E-state index < -0.39 is 28.5 Å². The fraction of sp³-hybridized carbons (Fsp3) is 0.333. The summed E-state index contributed by atoms with van der Waals surface area (Å²) in [7, 11) is -4.13. The van der Waals surface area contributed by atoms with E-state index in [1.54, 1.807) is 42.5 Å². The fourth-order valence-electron chi connectivity index (χ4n) is 4.31. The molecule has 0 aliphatic heterocycles. The van der Waals surface area contributed by atoms with Gasteiger partial charge in [0.15, 0.2) is 0 Å². The highest BCUT2D eigenvalue weighted by atomic mass is 32.2. The van der Waals surface area contributed by atoms with Gasteiger partial charge in [0, 0.05) is 13.1 Å². The average Bonchev–Trinajstić information content (AvgIpc) is 2.93. The summed E-state index contributed by atoms with van der Waals surface area (Å²) in [5.74, 6) is -0.201. The molecule has 2 amide bonds. The number of anilines is 1. The summed E-state index contributed by atoms with van der Waals surface area (Å²) in [6.07, 6.45) is 0.375. The number of likely N-dealkylation sites (N-methyl/N-ethyl adjacent to an activating group) is 1. The van der Waals surface area contributed by atoms with Crippen LogP contribution in [-0.4, -0.2) is 50.9 Å². The minimum atomic E-state index is -4.13. The molecule has 0 radical (unpaired) electrons. The molecule has 3 aromatic rings. The molecular formula is C30H37N3O5S. The zero-order chi connectivity index (χ0) is 28.4. The number of ether oxygens (including phenoxy) is 1. The van der Waals surface area contributed by atoms with E-state index in [0.29, 0.717) is 31.0 Å². The van der Waals surface area contributed by atoms with Gasteiger partial charge in [0.05, 0.1) is 17.2 Å². The smallest absolute Gasteiger partial charge is 0.264 e. The predicted octanol–water partition coefficient (Wildman–Crippen LogP) is 4.53. The Hall–Kier alpha value is -3.85. The van der Waals surface area contributed by atoms with Crippen molar-refractivity contribution in [1.82, 2.24) is 10.2 Å². The van der Waals surface area contributed by atoms with Crippen molar-refractivity contribution in [2.75, 3.05) is 24.0 Å². The second-order valence-electron chi connectivity index (χ2n) is 9.02. The lowest BCUT2D eigenvalue weighted by Crippen LogP contribution is -2.52. The molecule has 8 nitrogen and oxygen atoms in total. The first-order valence-corrected chi connectivity index (χ1v) is 14.6. The van der Waals surface area contributed by atoms with E-state index in [1.165, 1.54) is 17.0 Å². The van der Waals surface area contributed by atoms with Gasteiger partial charge in [-0.05, 0) is 74.7 Å². The fourth-order valence-corrected chi connectivity index (χ4v) is 5.72. The molecule has 0 fully saturated rings. The first kappa shape index (κ1) is 29.7. The molecule has 39 heavy (non-hydrogen) atoms. The molecular weight excluding hydrogens is 514 g/mol. The van der Waals surface area contributed by atoms with Crippen LogP contribution in [0.4, 0.5) is 5.69 Å². The second-order valence-corrected chi connectivity index (χ2v) is 10.9. The van der Waals surface area contributed by atoms with Crippen molar-refractivity contribution in [3.8, 4) is 5.75 Å². The first-order valence-electron chi connectivity index (χ1n) is 13.1. The van der Waals surface area contributed by atoms with Crippen molar-refractivity contribution >= 4 is 27.5 Å². The molecule has 0 bridgehead atoms. The van der Waals surface area contributed by atoms with Gasteiger partial charge < -0.3 is 15.0 Å². The monoisotopic (exact) mass is 551 g/mol. The Morgan fingerprint density at radius 3 is 2.13 bits per heavy atom. The molecule has 0 saturated heterocycles. The number of hydrogen-bond acceptors (Lipinski definition) is 5. The van der Waals surface area contributed by atoms with Crippen LogP contribution in [0.25, 0.3) is 0 Å². The lowest BCUT2D eigenvalue weighted by Gasteiger charge is -2.33. The summed E-state index contributed by atoms with van der Waals surface area (Å²) >= 11 is 0. The molecule has 0 spiro atoms. The lowest BCUT2D eigenvalue weighted by molar-refractivity contribution is -0.140. The molecule has 3 rings (SSSR count). The summed E-state index contributed by atoms with van der Waals surface area (Å²) in [6.45, 7) is 8.02. The SMILES string of the molecule is CCNC(=O)[C@H](CC)N(Cc1ccccc1C)C(=O)CN(c1ccccc1)S(=O)(=O)c1ccc(OCC)cc1. The largest absolute Gasteiger partial charge is 0.494 e. The number of rotatable bonds is 13. The number of sulfonamides is 1. The molecule has 208 valence electrons. The van der Waals surface area contributed by atoms with Crippen LogP contribution in [-0.2, 0) is 26.2 Å².